The Morgan fingerprint density at radius 3 is 2.90 bits per heavy atom. The molecule has 0 amide bonds. The Labute approximate surface area is 128 Å². The van der Waals surface area contributed by atoms with E-state index in [4.69, 9.17) is 11.6 Å². The van der Waals surface area contributed by atoms with E-state index in [-0.39, 0.29) is 4.90 Å². The van der Waals surface area contributed by atoms with Crippen molar-refractivity contribution in [2.75, 3.05) is 24.7 Å². The normalized spacial score (nSPS) is 19.8. The summed E-state index contributed by atoms with van der Waals surface area (Å²) < 4.78 is 27.0. The van der Waals surface area contributed by atoms with Gasteiger partial charge in [0, 0.05) is 25.0 Å². The first-order chi connectivity index (χ1) is 9.53. The predicted octanol–water partition coefficient (Wildman–Crippen LogP) is 2.34. The van der Waals surface area contributed by atoms with Crippen molar-refractivity contribution in [1.82, 2.24) is 9.71 Å². The van der Waals surface area contributed by atoms with Gasteiger partial charge in [0.1, 0.15) is 10.7 Å². The van der Waals surface area contributed by atoms with E-state index in [1.165, 1.54) is 25.1 Å². The fourth-order valence-electron chi connectivity index (χ4n) is 2.01. The zero-order chi connectivity index (χ0) is 14.6. The van der Waals surface area contributed by atoms with Crippen molar-refractivity contribution in [3.05, 3.63) is 17.3 Å². The molecule has 5 nitrogen and oxygen atoms in total. The molecule has 1 fully saturated rings. The molecule has 0 aliphatic carbocycles. The number of sulfonamides is 1. The summed E-state index contributed by atoms with van der Waals surface area (Å²) in [5.41, 5.74) is 0. The second-order valence-electron chi connectivity index (χ2n) is 4.59. The second-order valence-corrected chi connectivity index (χ2v) is 8.17. The van der Waals surface area contributed by atoms with E-state index in [1.54, 1.807) is 7.05 Å². The van der Waals surface area contributed by atoms with Gasteiger partial charge in [-0.3, -0.25) is 0 Å². The molecule has 8 heteroatoms. The number of nitrogens with one attached hydrogen (secondary N) is 2. The maximum Gasteiger partial charge on any atom is 0.242 e. The fourth-order valence-corrected chi connectivity index (χ4v) is 4.73. The van der Waals surface area contributed by atoms with Crippen LogP contribution in [-0.2, 0) is 10.0 Å². The predicted molar refractivity (Wildman–Crippen MR) is 84.1 cm³/mol. The minimum Gasteiger partial charge on any atom is -0.372 e. The Morgan fingerprint density at radius 2 is 2.30 bits per heavy atom. The third-order valence-corrected chi connectivity index (χ3v) is 6.22. The third-order valence-electron chi connectivity index (χ3n) is 3.14. The number of rotatable bonds is 5. The lowest BCUT2D eigenvalue weighted by molar-refractivity contribution is 0.573. The highest BCUT2D eigenvalue weighted by Gasteiger charge is 2.20. The summed E-state index contributed by atoms with van der Waals surface area (Å²) in [6, 6.07) is 1.41. The molecule has 0 spiro atoms. The van der Waals surface area contributed by atoms with Gasteiger partial charge in [-0.05, 0) is 24.7 Å². The molecule has 0 bridgehead atoms. The Kier molecular flexibility index (Phi) is 5.54. The molecule has 20 heavy (non-hydrogen) atoms. The van der Waals surface area contributed by atoms with Gasteiger partial charge < -0.3 is 5.32 Å². The maximum atomic E-state index is 12.2. The van der Waals surface area contributed by atoms with Gasteiger partial charge in [-0.1, -0.05) is 18.0 Å². The summed E-state index contributed by atoms with van der Waals surface area (Å²) in [7, 11) is -1.86. The molecule has 0 aromatic carbocycles. The fraction of sp³-hybridized carbons (Fsp3) is 0.583. The Bertz CT molecular complexity index is 560. The minimum absolute atomic E-state index is 0.0994. The monoisotopic (exact) mass is 335 g/mol. The van der Waals surface area contributed by atoms with Crippen LogP contribution < -0.4 is 10.0 Å². The lowest BCUT2D eigenvalue weighted by Crippen LogP contribution is -2.32. The number of hydrogen-bond acceptors (Lipinski definition) is 5. The largest absolute Gasteiger partial charge is 0.372 e. The zero-order valence-electron chi connectivity index (χ0n) is 11.2. The van der Waals surface area contributed by atoms with Crippen molar-refractivity contribution < 1.29 is 8.42 Å². The molecule has 1 aromatic heterocycles. The molecule has 1 unspecified atom stereocenters. The van der Waals surface area contributed by atoms with Gasteiger partial charge >= 0.3 is 0 Å². The molecule has 2 heterocycles. The summed E-state index contributed by atoms with van der Waals surface area (Å²) in [5, 5.41) is 3.45. The topological polar surface area (TPSA) is 71.1 Å². The molecule has 1 aliphatic rings. The first-order valence-corrected chi connectivity index (χ1v) is 9.38. The van der Waals surface area contributed by atoms with Crippen molar-refractivity contribution in [3.8, 4) is 0 Å². The van der Waals surface area contributed by atoms with Gasteiger partial charge in [0.05, 0.1) is 5.02 Å². The van der Waals surface area contributed by atoms with Crippen molar-refractivity contribution in [3.63, 3.8) is 0 Å². The lowest BCUT2D eigenvalue weighted by atomic mass is 10.2. The molecule has 0 radical (unpaired) electrons. The van der Waals surface area contributed by atoms with Crippen LogP contribution in [0.3, 0.4) is 0 Å². The number of halogens is 1. The first-order valence-electron chi connectivity index (χ1n) is 6.47. The highest BCUT2D eigenvalue weighted by molar-refractivity contribution is 8.00. The van der Waals surface area contributed by atoms with Crippen LogP contribution >= 0.6 is 23.4 Å². The van der Waals surface area contributed by atoms with Gasteiger partial charge in [-0.15, -0.1) is 0 Å². The van der Waals surface area contributed by atoms with Crippen LogP contribution in [0.4, 0.5) is 5.82 Å². The van der Waals surface area contributed by atoms with Gasteiger partial charge in [-0.2, -0.15) is 11.8 Å². The molecule has 1 aliphatic heterocycles. The SMILES string of the molecule is CNc1ncc(S(=O)(=O)NCC2CCCCS2)cc1Cl. The van der Waals surface area contributed by atoms with E-state index < -0.39 is 10.0 Å². The Balaban J connectivity index is 2.04. The Morgan fingerprint density at radius 1 is 1.50 bits per heavy atom. The first kappa shape index (κ1) is 15.9. The zero-order valence-corrected chi connectivity index (χ0v) is 13.6. The molecule has 1 atom stereocenters. The van der Waals surface area contributed by atoms with Crippen LogP contribution in [0.1, 0.15) is 19.3 Å². The molecule has 1 aromatic rings. The van der Waals surface area contributed by atoms with Crippen LogP contribution in [0.5, 0.6) is 0 Å². The van der Waals surface area contributed by atoms with Gasteiger partial charge in [-0.25, -0.2) is 18.1 Å². The van der Waals surface area contributed by atoms with Crippen molar-refractivity contribution in [2.45, 2.75) is 29.4 Å². The minimum atomic E-state index is -3.55. The van der Waals surface area contributed by atoms with E-state index in [9.17, 15) is 8.42 Å². The van der Waals surface area contributed by atoms with E-state index in [1.807, 2.05) is 11.8 Å². The number of anilines is 1. The lowest BCUT2D eigenvalue weighted by Gasteiger charge is -2.21. The van der Waals surface area contributed by atoms with E-state index >= 15 is 0 Å². The van der Waals surface area contributed by atoms with Crippen LogP contribution in [0.2, 0.25) is 5.02 Å². The third kappa shape index (κ3) is 4.00. The van der Waals surface area contributed by atoms with Crippen molar-refractivity contribution >= 4 is 39.2 Å². The Hall–Kier alpha value is -0.500. The molecule has 1 saturated heterocycles. The van der Waals surface area contributed by atoms with Crippen LogP contribution in [0.25, 0.3) is 0 Å². The highest BCUT2D eigenvalue weighted by atomic mass is 35.5. The quantitative estimate of drug-likeness (QED) is 0.864. The summed E-state index contributed by atoms with van der Waals surface area (Å²) in [5.74, 6) is 1.57. The van der Waals surface area contributed by atoms with Crippen molar-refractivity contribution in [1.29, 1.82) is 0 Å². The number of nitrogens with zero attached hydrogens (tertiary/aromatic N) is 1. The number of thioether (sulfide) groups is 1. The molecule has 2 N–H and O–H groups in total. The average molecular weight is 336 g/mol. The standard InChI is InChI=1S/C12H18ClN3O2S2/c1-14-12-11(13)6-10(8-15-12)20(17,18)16-7-9-4-2-3-5-19-9/h6,8-9,16H,2-5,7H2,1H3,(H,14,15). The maximum absolute atomic E-state index is 12.2. The van der Waals surface area contributed by atoms with Crippen LogP contribution in [0.15, 0.2) is 17.2 Å². The van der Waals surface area contributed by atoms with E-state index in [0.29, 0.717) is 22.6 Å². The second kappa shape index (κ2) is 6.98. The summed E-state index contributed by atoms with van der Waals surface area (Å²) in [6.07, 6.45) is 4.77. The number of aromatic nitrogens is 1. The van der Waals surface area contributed by atoms with E-state index in [0.717, 1.165) is 12.2 Å². The van der Waals surface area contributed by atoms with Crippen LogP contribution in [-0.4, -0.2) is 38.0 Å². The molecule has 112 valence electrons. The number of pyridine rings is 1. The van der Waals surface area contributed by atoms with Gasteiger partial charge in [0.25, 0.3) is 0 Å². The summed E-state index contributed by atoms with van der Waals surface area (Å²) in [6.45, 7) is 0.457. The van der Waals surface area contributed by atoms with Crippen LogP contribution in [0, 0.1) is 0 Å². The highest BCUT2D eigenvalue weighted by Crippen LogP contribution is 2.25. The van der Waals surface area contributed by atoms with Gasteiger partial charge in [0.2, 0.25) is 10.0 Å². The summed E-state index contributed by atoms with van der Waals surface area (Å²) >= 11 is 7.79. The van der Waals surface area contributed by atoms with E-state index in [2.05, 4.69) is 15.0 Å². The molecular formula is C12H18ClN3O2S2. The van der Waals surface area contributed by atoms with Gasteiger partial charge in [0.15, 0.2) is 0 Å². The molecule has 0 saturated carbocycles. The average Bonchev–Trinajstić information content (AvgIpc) is 2.46. The number of hydrogen-bond donors (Lipinski definition) is 2. The molecule has 2 rings (SSSR count). The molecular weight excluding hydrogens is 318 g/mol. The summed E-state index contributed by atoms with van der Waals surface area (Å²) in [4.78, 5) is 4.09. The van der Waals surface area contributed by atoms with Crippen molar-refractivity contribution in [2.24, 2.45) is 0 Å². The smallest absolute Gasteiger partial charge is 0.242 e.